The fourth-order valence-corrected chi connectivity index (χ4v) is 0. The van der Waals surface area contributed by atoms with E-state index >= 15 is 0 Å². The molecule has 1 radical (unpaired) electrons. The quantitative estimate of drug-likeness (QED) is 0.431. The van der Waals surface area contributed by atoms with E-state index in [0.717, 1.165) is 0 Å². The molecule has 0 atom stereocenters. The first-order chi connectivity index (χ1) is 1.73. The Morgan fingerprint density at radius 3 is 1.50 bits per heavy atom. The summed E-state index contributed by atoms with van der Waals surface area (Å²) >= 11 is 0. The molecule has 4 heavy (non-hydrogen) atoms. The summed E-state index contributed by atoms with van der Waals surface area (Å²) in [5, 5.41) is 0. The average molecular weight is 97.6 g/mol. The zero-order chi connectivity index (χ0) is 3.58. The molecule has 0 spiro atoms. The number of hydrogen-bond acceptors (Lipinski definition) is 0. The van der Waals surface area contributed by atoms with Gasteiger partial charge in [-0.2, -0.15) is 0 Å². The van der Waals surface area contributed by atoms with Crippen LogP contribution in [0.5, 0.6) is 0 Å². The van der Waals surface area contributed by atoms with Crippen LogP contribution in [0.15, 0.2) is 0 Å². The van der Waals surface area contributed by atoms with Gasteiger partial charge in [0.1, 0.15) is 0 Å². The lowest BCUT2D eigenvalue weighted by molar-refractivity contribution is 2.35. The lowest BCUT2D eigenvalue weighted by Crippen LogP contribution is -1.44. The van der Waals surface area contributed by atoms with Gasteiger partial charge in [0, 0.05) is 0 Å². The van der Waals surface area contributed by atoms with Crippen LogP contribution in [0.1, 0.15) is 0 Å². The predicted molar refractivity (Wildman–Crippen MR) is 25.3 cm³/mol. The van der Waals surface area contributed by atoms with Gasteiger partial charge in [0.2, 0.25) is 0 Å². The molecule has 0 rings (SSSR count). The Kier molecular flexibility index (Phi) is 2.22. The van der Waals surface area contributed by atoms with Crippen molar-refractivity contribution < 1.29 is 0 Å². The van der Waals surface area contributed by atoms with E-state index in [-0.39, 0.29) is 10.1 Å². The Bertz CT molecular complexity index is 10.8. The molecule has 0 unspecified atom stereocenters. The molecule has 2 heteroatoms. The first-order valence-corrected chi connectivity index (χ1v) is 3.84. The SMILES string of the molecule is C[S](C)Cl. The van der Waals surface area contributed by atoms with Crippen LogP contribution in [-0.4, -0.2) is 12.5 Å². The number of hydrogen-bond donors (Lipinski definition) is 0. The molecule has 0 amide bonds. The monoisotopic (exact) mass is 97.0 g/mol. The van der Waals surface area contributed by atoms with E-state index < -0.39 is 0 Å². The van der Waals surface area contributed by atoms with Crippen molar-refractivity contribution in [1.29, 1.82) is 0 Å². The molecule has 27 valence electrons. The Hall–Kier alpha value is 0.640. The Balaban J connectivity index is 2.32. The first kappa shape index (κ1) is 4.64. The van der Waals surface area contributed by atoms with Gasteiger partial charge in [-0.15, -0.1) is 10.1 Å². The van der Waals surface area contributed by atoms with Crippen LogP contribution in [0.25, 0.3) is 0 Å². The maximum atomic E-state index is 5.30. The third-order valence-electron chi connectivity index (χ3n) is 0. The maximum absolute atomic E-state index is 5.30. The van der Waals surface area contributed by atoms with E-state index in [9.17, 15) is 0 Å². The molecule has 0 bridgehead atoms. The zero-order valence-electron chi connectivity index (χ0n) is 2.79. The van der Waals surface area contributed by atoms with Crippen LogP contribution in [0, 0.1) is 0 Å². The molecule has 0 aromatic carbocycles. The standard InChI is InChI=1S/C2H6ClS/c1-4(2)3/h1-2H3. The van der Waals surface area contributed by atoms with E-state index in [2.05, 4.69) is 0 Å². The van der Waals surface area contributed by atoms with Crippen LogP contribution >= 0.6 is 20.8 Å². The van der Waals surface area contributed by atoms with Crippen LogP contribution in [-0.2, 0) is 0 Å². The van der Waals surface area contributed by atoms with Crippen molar-refractivity contribution in [1.82, 2.24) is 0 Å². The molecule has 0 nitrogen and oxygen atoms in total. The average Bonchev–Trinajstić information content (AvgIpc) is 0.811. The van der Waals surface area contributed by atoms with Crippen molar-refractivity contribution in [2.75, 3.05) is 12.5 Å². The van der Waals surface area contributed by atoms with Crippen LogP contribution < -0.4 is 0 Å². The van der Waals surface area contributed by atoms with Crippen molar-refractivity contribution in [2.24, 2.45) is 0 Å². The van der Waals surface area contributed by atoms with Gasteiger partial charge < -0.3 is 0 Å². The van der Waals surface area contributed by atoms with Crippen LogP contribution in [0.3, 0.4) is 0 Å². The molecule has 0 fully saturated rings. The van der Waals surface area contributed by atoms with Gasteiger partial charge >= 0.3 is 0 Å². The highest BCUT2D eigenvalue weighted by Crippen LogP contribution is 2.17. The molecule has 0 aromatic heterocycles. The van der Waals surface area contributed by atoms with Gasteiger partial charge in [0.15, 0.2) is 0 Å². The molecular formula is C2H6ClS. The van der Waals surface area contributed by atoms with Crippen molar-refractivity contribution in [3.05, 3.63) is 0 Å². The molecule has 0 heterocycles. The number of halogens is 1. The Morgan fingerprint density at radius 2 is 1.50 bits per heavy atom. The first-order valence-electron chi connectivity index (χ1n) is 0.971. The lowest BCUT2D eigenvalue weighted by Gasteiger charge is -1.81. The molecule has 0 aliphatic carbocycles. The van der Waals surface area contributed by atoms with Gasteiger partial charge in [-0.1, -0.05) is 10.7 Å². The fourth-order valence-electron chi connectivity index (χ4n) is 0. The topological polar surface area (TPSA) is 0 Å². The highest BCUT2D eigenvalue weighted by Gasteiger charge is 1.66. The van der Waals surface area contributed by atoms with Gasteiger partial charge in [-0.25, -0.2) is 0 Å². The van der Waals surface area contributed by atoms with Crippen molar-refractivity contribution in [3.8, 4) is 0 Å². The number of rotatable bonds is 0. The zero-order valence-corrected chi connectivity index (χ0v) is 4.36. The van der Waals surface area contributed by atoms with E-state index in [1.807, 2.05) is 12.5 Å². The predicted octanol–water partition coefficient (Wildman–Crippen LogP) is 1.67. The molecule has 0 saturated carbocycles. The summed E-state index contributed by atoms with van der Waals surface area (Å²) in [5.41, 5.74) is 0. The second-order valence-corrected chi connectivity index (χ2v) is 4.00. The third kappa shape index (κ3) is 17.3. The van der Waals surface area contributed by atoms with Gasteiger partial charge in [-0.05, 0) is 12.5 Å². The van der Waals surface area contributed by atoms with Gasteiger partial charge in [0.25, 0.3) is 0 Å². The van der Waals surface area contributed by atoms with E-state index in [1.165, 1.54) is 0 Å². The summed E-state index contributed by atoms with van der Waals surface area (Å²) in [6.45, 7) is 0. The summed E-state index contributed by atoms with van der Waals surface area (Å²) in [6.07, 6.45) is 3.92. The molecule has 0 aromatic rings. The van der Waals surface area contributed by atoms with E-state index in [1.54, 1.807) is 0 Å². The van der Waals surface area contributed by atoms with Crippen molar-refractivity contribution in [2.45, 2.75) is 0 Å². The molecule has 0 aliphatic heterocycles. The molecular weight excluding hydrogens is 91.5 g/mol. The molecule has 0 N–H and O–H groups in total. The summed E-state index contributed by atoms with van der Waals surface area (Å²) in [4.78, 5) is 0. The van der Waals surface area contributed by atoms with Crippen molar-refractivity contribution >= 4 is 20.8 Å². The third-order valence-corrected chi connectivity index (χ3v) is 0. The molecule has 0 aliphatic rings. The highest BCUT2D eigenvalue weighted by molar-refractivity contribution is 8.35. The summed E-state index contributed by atoms with van der Waals surface area (Å²) in [6, 6.07) is 0. The summed E-state index contributed by atoms with van der Waals surface area (Å²) in [5.74, 6) is 0. The Morgan fingerprint density at radius 1 is 1.50 bits per heavy atom. The largest absolute Gasteiger partial charge is 0.125 e. The van der Waals surface area contributed by atoms with E-state index in [0.29, 0.717) is 0 Å². The second-order valence-electron chi connectivity index (χ2n) is 0.717. The van der Waals surface area contributed by atoms with Gasteiger partial charge in [-0.3, -0.25) is 0 Å². The lowest BCUT2D eigenvalue weighted by atomic mass is 11.9. The minimum Gasteiger partial charge on any atom is -0.125 e. The normalized spacial score (nSPS) is 9.00. The minimum absolute atomic E-state index is 0.111. The maximum Gasteiger partial charge on any atom is -0.0135 e. The fraction of sp³-hybridized carbons (Fsp3) is 1.00. The summed E-state index contributed by atoms with van der Waals surface area (Å²) in [7, 11) is 5.41. The van der Waals surface area contributed by atoms with Crippen molar-refractivity contribution in [3.63, 3.8) is 0 Å². The van der Waals surface area contributed by atoms with E-state index in [4.69, 9.17) is 10.7 Å². The van der Waals surface area contributed by atoms with Crippen LogP contribution in [0.2, 0.25) is 0 Å². The minimum atomic E-state index is 0.111. The van der Waals surface area contributed by atoms with Gasteiger partial charge in [0.05, 0.1) is 0 Å². The molecule has 0 saturated heterocycles. The van der Waals surface area contributed by atoms with Crippen LogP contribution in [0.4, 0.5) is 0 Å². The smallest absolute Gasteiger partial charge is 0.0135 e. The summed E-state index contributed by atoms with van der Waals surface area (Å²) < 4.78 is 0. The highest BCUT2D eigenvalue weighted by atomic mass is 35.7. The second kappa shape index (κ2) is 1.91. The Labute approximate surface area is 34.0 Å².